The van der Waals surface area contributed by atoms with Crippen LogP contribution in [0.5, 0.6) is 11.8 Å². The van der Waals surface area contributed by atoms with E-state index in [-0.39, 0.29) is 17.0 Å². The van der Waals surface area contributed by atoms with Gasteiger partial charge in [-0.25, -0.2) is 27.9 Å². The second kappa shape index (κ2) is 8.07. The first-order valence-corrected chi connectivity index (χ1v) is 11.0. The maximum atomic E-state index is 12.8. The van der Waals surface area contributed by atoms with Crippen molar-refractivity contribution in [2.45, 2.75) is 42.7 Å². The van der Waals surface area contributed by atoms with Crippen LogP contribution in [-0.4, -0.2) is 42.2 Å². The van der Waals surface area contributed by atoms with Gasteiger partial charge in [-0.3, -0.25) is 4.57 Å². The number of rotatable bonds is 6. The number of fused-ring (bicyclic) bond motifs is 1. The van der Waals surface area contributed by atoms with Gasteiger partial charge in [-0.2, -0.15) is 0 Å². The van der Waals surface area contributed by atoms with Gasteiger partial charge in [-0.15, -0.1) is 0 Å². The number of methoxy groups -OCH3 is 1. The van der Waals surface area contributed by atoms with Crippen LogP contribution in [0.3, 0.4) is 0 Å². The van der Waals surface area contributed by atoms with E-state index in [0.717, 1.165) is 0 Å². The van der Waals surface area contributed by atoms with Crippen molar-refractivity contribution in [3.05, 3.63) is 41.1 Å². The third kappa shape index (κ3) is 4.03. The third-order valence-electron chi connectivity index (χ3n) is 5.17. The molecule has 4 rings (SSSR count). The molecule has 0 atom stereocenters. The van der Waals surface area contributed by atoms with E-state index >= 15 is 0 Å². The van der Waals surface area contributed by atoms with E-state index in [9.17, 15) is 13.2 Å². The van der Waals surface area contributed by atoms with E-state index in [0.29, 0.717) is 48.5 Å². The molecule has 3 aromatic rings. The summed E-state index contributed by atoms with van der Waals surface area (Å²) in [5, 5.41) is 0. The molecule has 11 heteroatoms. The zero-order valence-electron chi connectivity index (χ0n) is 16.6. The lowest BCUT2D eigenvalue weighted by atomic mass is 9.94. The van der Waals surface area contributed by atoms with Gasteiger partial charge in [0.2, 0.25) is 10.0 Å². The lowest BCUT2D eigenvalue weighted by molar-refractivity contribution is 0.132. The van der Waals surface area contributed by atoms with Crippen LogP contribution >= 0.6 is 0 Å². The van der Waals surface area contributed by atoms with Crippen LogP contribution in [0.15, 0.2) is 44.7 Å². The second-order valence-electron chi connectivity index (χ2n) is 7.14. The maximum Gasteiger partial charge on any atom is 0.419 e. The van der Waals surface area contributed by atoms with Gasteiger partial charge in [0.25, 0.3) is 11.8 Å². The summed E-state index contributed by atoms with van der Waals surface area (Å²) in [5.41, 5.74) is 0.774. The standard InChI is InChI=1S/C19H22N4O6S/c1-23-15-11-14(7-8-16(15)29-19(23)24)30(25,26)22-12-3-5-13(6-4-12)28-18-17(27-2)20-9-10-21-18/h7-13,22H,3-6H2,1-2H3. The Hall–Kier alpha value is -2.92. The highest BCUT2D eigenvalue weighted by atomic mass is 32.2. The van der Waals surface area contributed by atoms with Crippen molar-refractivity contribution in [3.8, 4) is 11.8 Å². The number of nitrogens with one attached hydrogen (secondary N) is 1. The number of aromatic nitrogens is 3. The number of hydrogen-bond donors (Lipinski definition) is 1. The van der Waals surface area contributed by atoms with Gasteiger partial charge in [-0.1, -0.05) is 0 Å². The van der Waals surface area contributed by atoms with Crippen molar-refractivity contribution in [2.75, 3.05) is 7.11 Å². The highest BCUT2D eigenvalue weighted by Gasteiger charge is 2.28. The molecule has 0 spiro atoms. The van der Waals surface area contributed by atoms with Gasteiger partial charge >= 0.3 is 5.76 Å². The van der Waals surface area contributed by atoms with Gasteiger partial charge in [0, 0.05) is 25.5 Å². The van der Waals surface area contributed by atoms with Crippen LogP contribution in [0.2, 0.25) is 0 Å². The zero-order chi connectivity index (χ0) is 21.3. The minimum atomic E-state index is -3.74. The Balaban J connectivity index is 1.41. The number of ether oxygens (including phenoxy) is 2. The van der Waals surface area contributed by atoms with E-state index in [1.54, 1.807) is 0 Å². The van der Waals surface area contributed by atoms with Crippen molar-refractivity contribution in [1.29, 1.82) is 0 Å². The Kier molecular flexibility index (Phi) is 5.48. The second-order valence-corrected chi connectivity index (χ2v) is 8.85. The molecule has 2 aromatic heterocycles. The SMILES string of the molecule is COc1nccnc1OC1CCC(NS(=O)(=O)c2ccc3oc(=O)n(C)c3c2)CC1. The minimum Gasteiger partial charge on any atom is -0.477 e. The molecule has 0 bridgehead atoms. The molecule has 0 aliphatic heterocycles. The third-order valence-corrected chi connectivity index (χ3v) is 6.69. The molecule has 0 radical (unpaired) electrons. The van der Waals surface area contributed by atoms with Gasteiger partial charge in [0.1, 0.15) is 6.10 Å². The van der Waals surface area contributed by atoms with Crippen molar-refractivity contribution >= 4 is 21.1 Å². The van der Waals surface area contributed by atoms with Gasteiger partial charge in [-0.05, 0) is 43.9 Å². The molecule has 1 saturated carbocycles. The number of benzene rings is 1. The molecular formula is C19H22N4O6S. The number of aryl methyl sites for hydroxylation is 1. The average Bonchev–Trinajstić information content (AvgIpc) is 3.03. The number of oxazole rings is 1. The van der Waals surface area contributed by atoms with E-state index in [2.05, 4.69) is 14.7 Å². The molecule has 2 heterocycles. The quantitative estimate of drug-likeness (QED) is 0.620. The van der Waals surface area contributed by atoms with Crippen molar-refractivity contribution in [2.24, 2.45) is 7.05 Å². The fourth-order valence-electron chi connectivity index (χ4n) is 3.55. The molecule has 0 unspecified atom stereocenters. The molecule has 10 nitrogen and oxygen atoms in total. The molecule has 1 N–H and O–H groups in total. The number of nitrogens with zero attached hydrogens (tertiary/aromatic N) is 3. The summed E-state index contributed by atoms with van der Waals surface area (Å²) in [4.78, 5) is 19.9. The van der Waals surface area contributed by atoms with Gasteiger partial charge in [0.15, 0.2) is 5.58 Å². The molecule has 1 fully saturated rings. The van der Waals surface area contributed by atoms with Gasteiger partial charge < -0.3 is 13.9 Å². The molecule has 160 valence electrons. The summed E-state index contributed by atoms with van der Waals surface area (Å²) in [6.45, 7) is 0. The smallest absolute Gasteiger partial charge is 0.419 e. The molecule has 1 aliphatic carbocycles. The number of hydrogen-bond acceptors (Lipinski definition) is 8. The van der Waals surface area contributed by atoms with Crippen LogP contribution < -0.4 is 20.0 Å². The van der Waals surface area contributed by atoms with E-state index in [1.807, 2.05) is 0 Å². The highest BCUT2D eigenvalue weighted by molar-refractivity contribution is 7.89. The van der Waals surface area contributed by atoms with Crippen LogP contribution in [-0.2, 0) is 17.1 Å². The van der Waals surface area contributed by atoms with Crippen LogP contribution in [0.4, 0.5) is 0 Å². The molecule has 0 amide bonds. The monoisotopic (exact) mass is 434 g/mol. The highest BCUT2D eigenvalue weighted by Crippen LogP contribution is 2.28. The molecule has 30 heavy (non-hydrogen) atoms. The molecular weight excluding hydrogens is 412 g/mol. The van der Waals surface area contributed by atoms with Crippen molar-refractivity contribution in [1.82, 2.24) is 19.3 Å². The molecule has 0 saturated heterocycles. The largest absolute Gasteiger partial charge is 0.477 e. The Labute approximate surface area is 172 Å². The van der Waals surface area contributed by atoms with Crippen LogP contribution in [0, 0.1) is 0 Å². The Morgan fingerprint density at radius 3 is 2.53 bits per heavy atom. The summed E-state index contributed by atoms with van der Waals surface area (Å²) in [7, 11) is -0.702. The summed E-state index contributed by atoms with van der Waals surface area (Å²) < 4.78 is 45.8. The van der Waals surface area contributed by atoms with E-state index in [1.165, 1.54) is 49.3 Å². The normalized spacial score (nSPS) is 19.7. The summed E-state index contributed by atoms with van der Waals surface area (Å²) in [6, 6.07) is 4.16. The summed E-state index contributed by atoms with van der Waals surface area (Å²) in [6.07, 6.45) is 5.55. The first kappa shape index (κ1) is 20.4. The summed E-state index contributed by atoms with van der Waals surface area (Å²) in [5.74, 6) is 0.123. The Morgan fingerprint density at radius 2 is 1.83 bits per heavy atom. The first-order valence-electron chi connectivity index (χ1n) is 9.51. The Morgan fingerprint density at radius 1 is 1.13 bits per heavy atom. The average molecular weight is 434 g/mol. The number of sulfonamides is 1. The van der Waals surface area contributed by atoms with Crippen molar-refractivity contribution < 1.29 is 22.3 Å². The minimum absolute atomic E-state index is 0.0897. The predicted molar refractivity (Wildman–Crippen MR) is 107 cm³/mol. The summed E-state index contributed by atoms with van der Waals surface area (Å²) >= 11 is 0. The van der Waals surface area contributed by atoms with Crippen LogP contribution in [0.1, 0.15) is 25.7 Å². The van der Waals surface area contributed by atoms with Crippen molar-refractivity contribution in [3.63, 3.8) is 0 Å². The zero-order valence-corrected chi connectivity index (χ0v) is 17.4. The topological polar surface area (TPSA) is 126 Å². The van der Waals surface area contributed by atoms with Gasteiger partial charge in [0.05, 0.1) is 17.5 Å². The van der Waals surface area contributed by atoms with Crippen LogP contribution in [0.25, 0.3) is 11.1 Å². The van der Waals surface area contributed by atoms with E-state index < -0.39 is 15.8 Å². The fourth-order valence-corrected chi connectivity index (χ4v) is 4.88. The first-order chi connectivity index (χ1) is 14.4. The predicted octanol–water partition coefficient (Wildman–Crippen LogP) is 1.60. The lowest BCUT2D eigenvalue weighted by Gasteiger charge is -2.29. The molecule has 1 aliphatic rings. The molecule has 1 aromatic carbocycles. The lowest BCUT2D eigenvalue weighted by Crippen LogP contribution is -2.39. The fraction of sp³-hybridized carbons (Fsp3) is 0.421. The van der Waals surface area contributed by atoms with E-state index in [4.69, 9.17) is 13.9 Å². The Bertz CT molecular complexity index is 1210. The maximum absolute atomic E-state index is 12.8.